The van der Waals surface area contributed by atoms with Crippen LogP contribution in [-0.4, -0.2) is 31.5 Å². The van der Waals surface area contributed by atoms with Crippen LogP contribution in [-0.2, 0) is 4.79 Å². The molecule has 0 atom stereocenters. The largest absolute Gasteiger partial charge is 0.357 e. The molecule has 23 heavy (non-hydrogen) atoms. The van der Waals surface area contributed by atoms with Crippen LogP contribution in [0, 0.1) is 12.3 Å². The van der Waals surface area contributed by atoms with Crippen LogP contribution < -0.4 is 16.0 Å². The average Bonchev–Trinajstić information content (AvgIpc) is 2.51. The number of carbonyl (C=O) groups is 1. The van der Waals surface area contributed by atoms with E-state index in [-0.39, 0.29) is 29.9 Å². The summed E-state index contributed by atoms with van der Waals surface area (Å²) in [4.78, 5) is 16.1. The number of aliphatic imine (C=N–C) groups is 1. The highest BCUT2D eigenvalue weighted by atomic mass is 127. The maximum absolute atomic E-state index is 11.8. The van der Waals surface area contributed by atoms with Crippen LogP contribution in [0.15, 0.2) is 29.3 Å². The van der Waals surface area contributed by atoms with Crippen LogP contribution >= 0.6 is 35.6 Å². The van der Waals surface area contributed by atoms with Crippen LogP contribution in [0.4, 0.5) is 5.69 Å². The Labute approximate surface area is 159 Å². The van der Waals surface area contributed by atoms with Gasteiger partial charge in [0.1, 0.15) is 0 Å². The van der Waals surface area contributed by atoms with Crippen molar-refractivity contribution in [3.63, 3.8) is 0 Å². The minimum Gasteiger partial charge on any atom is -0.357 e. The van der Waals surface area contributed by atoms with Crippen molar-refractivity contribution in [2.75, 3.05) is 25.0 Å². The van der Waals surface area contributed by atoms with E-state index in [0.29, 0.717) is 36.9 Å². The lowest BCUT2D eigenvalue weighted by molar-refractivity contribution is -0.116. The van der Waals surface area contributed by atoms with Gasteiger partial charge in [0.2, 0.25) is 5.91 Å². The van der Waals surface area contributed by atoms with Crippen LogP contribution in [0.3, 0.4) is 0 Å². The fourth-order valence-corrected chi connectivity index (χ4v) is 1.79. The molecule has 0 fully saturated rings. The van der Waals surface area contributed by atoms with Crippen molar-refractivity contribution < 1.29 is 4.79 Å². The molecule has 0 aromatic heterocycles. The standard InChI is InChI=1S/C16H21ClN4O.HI/c1-3-11-19-16(18-4-2)20-12-5-6-15(22)21-14-9-7-13(17)8-10-14;/h1,7-10H,4-6,11-12H2,2H3,(H,21,22)(H2,18,19,20);1H. The van der Waals surface area contributed by atoms with E-state index < -0.39 is 0 Å². The molecule has 0 saturated heterocycles. The van der Waals surface area contributed by atoms with Crippen molar-refractivity contribution in [1.82, 2.24) is 10.6 Å². The zero-order chi connectivity index (χ0) is 16.2. The first-order chi connectivity index (χ1) is 10.7. The Kier molecular flexibility index (Phi) is 12.2. The summed E-state index contributed by atoms with van der Waals surface area (Å²) in [5.41, 5.74) is 0.738. The summed E-state index contributed by atoms with van der Waals surface area (Å²) in [7, 11) is 0. The monoisotopic (exact) mass is 448 g/mol. The Balaban J connectivity index is 0.00000484. The number of amides is 1. The normalized spacial score (nSPS) is 10.2. The molecular weight excluding hydrogens is 427 g/mol. The van der Waals surface area contributed by atoms with Gasteiger partial charge in [-0.1, -0.05) is 17.5 Å². The molecule has 0 heterocycles. The fourth-order valence-electron chi connectivity index (χ4n) is 1.66. The lowest BCUT2D eigenvalue weighted by Gasteiger charge is -2.08. The zero-order valence-corrected chi connectivity index (χ0v) is 16.2. The highest BCUT2D eigenvalue weighted by Gasteiger charge is 2.02. The molecule has 0 aliphatic heterocycles. The first-order valence-corrected chi connectivity index (χ1v) is 7.54. The molecule has 1 aromatic rings. The minimum atomic E-state index is -0.0425. The summed E-state index contributed by atoms with van der Waals surface area (Å²) in [6, 6.07) is 7.01. The molecule has 3 N–H and O–H groups in total. The summed E-state index contributed by atoms with van der Waals surface area (Å²) in [5, 5.41) is 9.53. The Morgan fingerprint density at radius 2 is 2.00 bits per heavy atom. The van der Waals surface area contributed by atoms with Gasteiger partial charge in [-0.25, -0.2) is 0 Å². The van der Waals surface area contributed by atoms with Crippen molar-refractivity contribution in [2.24, 2.45) is 4.99 Å². The molecule has 126 valence electrons. The SMILES string of the molecule is C#CCNC(=NCCCC(=O)Nc1ccc(Cl)cc1)NCC.I. The number of carbonyl (C=O) groups excluding carboxylic acids is 1. The Hall–Kier alpha value is -1.46. The molecule has 0 saturated carbocycles. The Bertz CT molecular complexity index is 540. The highest BCUT2D eigenvalue weighted by Crippen LogP contribution is 2.13. The van der Waals surface area contributed by atoms with Crippen LogP contribution in [0.5, 0.6) is 0 Å². The van der Waals surface area contributed by atoms with Crippen LogP contribution in [0.1, 0.15) is 19.8 Å². The number of benzene rings is 1. The van der Waals surface area contributed by atoms with E-state index in [9.17, 15) is 4.79 Å². The van der Waals surface area contributed by atoms with Gasteiger partial charge in [-0.2, -0.15) is 0 Å². The van der Waals surface area contributed by atoms with Crippen molar-refractivity contribution in [3.8, 4) is 12.3 Å². The van der Waals surface area contributed by atoms with Gasteiger partial charge in [-0.05, 0) is 37.6 Å². The number of hydrogen-bond acceptors (Lipinski definition) is 2. The number of nitrogens with zero attached hydrogens (tertiary/aromatic N) is 1. The molecule has 0 spiro atoms. The molecule has 0 radical (unpaired) electrons. The van der Waals surface area contributed by atoms with E-state index in [4.69, 9.17) is 18.0 Å². The number of hydrogen-bond donors (Lipinski definition) is 3. The summed E-state index contributed by atoms with van der Waals surface area (Å²) < 4.78 is 0. The lowest BCUT2D eigenvalue weighted by Crippen LogP contribution is -2.37. The van der Waals surface area contributed by atoms with Gasteiger partial charge in [-0.15, -0.1) is 30.4 Å². The average molecular weight is 449 g/mol. The molecule has 1 rings (SSSR count). The van der Waals surface area contributed by atoms with Gasteiger partial charge in [0, 0.05) is 30.2 Å². The van der Waals surface area contributed by atoms with Crippen LogP contribution in [0.2, 0.25) is 5.02 Å². The Morgan fingerprint density at radius 3 is 2.61 bits per heavy atom. The molecule has 1 aromatic carbocycles. The molecule has 0 unspecified atom stereocenters. The fraction of sp³-hybridized carbons (Fsp3) is 0.375. The second kappa shape index (κ2) is 13.0. The molecule has 1 amide bonds. The number of halogens is 2. The van der Waals surface area contributed by atoms with Crippen molar-refractivity contribution in [1.29, 1.82) is 0 Å². The predicted octanol–water partition coefficient (Wildman–Crippen LogP) is 2.87. The molecule has 0 bridgehead atoms. The summed E-state index contributed by atoms with van der Waals surface area (Å²) in [6.07, 6.45) is 6.26. The topological polar surface area (TPSA) is 65.5 Å². The van der Waals surface area contributed by atoms with Crippen molar-refractivity contribution >= 4 is 53.1 Å². The molecule has 0 aliphatic rings. The van der Waals surface area contributed by atoms with E-state index in [1.54, 1.807) is 24.3 Å². The van der Waals surface area contributed by atoms with E-state index in [1.165, 1.54) is 0 Å². The number of nitrogens with one attached hydrogen (secondary N) is 3. The summed E-state index contributed by atoms with van der Waals surface area (Å²) in [6.45, 7) is 3.71. The van der Waals surface area contributed by atoms with Gasteiger partial charge >= 0.3 is 0 Å². The van der Waals surface area contributed by atoms with Gasteiger partial charge in [0.25, 0.3) is 0 Å². The van der Waals surface area contributed by atoms with E-state index >= 15 is 0 Å². The van der Waals surface area contributed by atoms with Gasteiger partial charge < -0.3 is 16.0 Å². The second-order valence-corrected chi connectivity index (χ2v) is 4.91. The third-order valence-corrected chi connectivity index (χ3v) is 2.91. The molecule has 0 aliphatic carbocycles. The number of anilines is 1. The Morgan fingerprint density at radius 1 is 1.30 bits per heavy atom. The van der Waals surface area contributed by atoms with Crippen molar-refractivity contribution in [2.45, 2.75) is 19.8 Å². The quantitative estimate of drug-likeness (QED) is 0.198. The molecule has 7 heteroatoms. The number of guanidine groups is 1. The lowest BCUT2D eigenvalue weighted by atomic mass is 10.2. The van der Waals surface area contributed by atoms with Gasteiger partial charge in [0.05, 0.1) is 6.54 Å². The van der Waals surface area contributed by atoms with Crippen molar-refractivity contribution in [3.05, 3.63) is 29.3 Å². The maximum Gasteiger partial charge on any atom is 0.224 e. The van der Waals surface area contributed by atoms with Gasteiger partial charge in [0.15, 0.2) is 5.96 Å². The minimum absolute atomic E-state index is 0. The van der Waals surface area contributed by atoms with E-state index in [2.05, 4.69) is 26.9 Å². The third kappa shape index (κ3) is 10.0. The second-order valence-electron chi connectivity index (χ2n) is 4.48. The van der Waals surface area contributed by atoms with Crippen LogP contribution in [0.25, 0.3) is 0 Å². The molecule has 5 nitrogen and oxygen atoms in total. The zero-order valence-electron chi connectivity index (χ0n) is 13.1. The number of terminal acetylenes is 1. The first-order valence-electron chi connectivity index (χ1n) is 7.16. The summed E-state index contributed by atoms with van der Waals surface area (Å²) in [5.74, 6) is 3.11. The smallest absolute Gasteiger partial charge is 0.224 e. The van der Waals surface area contributed by atoms with E-state index in [1.807, 2.05) is 6.92 Å². The maximum atomic E-state index is 11.8. The highest BCUT2D eigenvalue weighted by molar-refractivity contribution is 14.0. The van der Waals surface area contributed by atoms with Gasteiger partial charge in [-0.3, -0.25) is 9.79 Å². The summed E-state index contributed by atoms with van der Waals surface area (Å²) >= 11 is 5.79. The number of rotatable bonds is 7. The van der Waals surface area contributed by atoms with E-state index in [0.717, 1.165) is 12.2 Å². The molecular formula is C16H22ClIN4O. The third-order valence-electron chi connectivity index (χ3n) is 2.66. The predicted molar refractivity (Wildman–Crippen MR) is 108 cm³/mol. The first kappa shape index (κ1) is 21.5.